The normalized spacial score (nSPS) is 23.7. The number of carbonyl (C=O) groups excluding carboxylic acids is 3. The number of benzene rings is 1. The van der Waals surface area contributed by atoms with Crippen LogP contribution in [0.5, 0.6) is 0 Å². The van der Waals surface area contributed by atoms with Crippen molar-refractivity contribution in [3.8, 4) is 0 Å². The number of methoxy groups -OCH3 is 1. The van der Waals surface area contributed by atoms with Gasteiger partial charge in [-0.25, -0.2) is 9.59 Å². The van der Waals surface area contributed by atoms with E-state index < -0.39 is 23.6 Å². The van der Waals surface area contributed by atoms with Crippen LogP contribution in [0.1, 0.15) is 32.3 Å². The van der Waals surface area contributed by atoms with Crippen molar-refractivity contribution in [3.05, 3.63) is 35.9 Å². The third-order valence-electron chi connectivity index (χ3n) is 4.29. The standard InChI is InChI=1S/C17H21NO5/c1-4-17(2)10-13(19)14(15(20)22-3)18(17)16(21)23-11-12-8-6-5-7-9-12/h5-9,14H,4,10-11H2,1-3H3. The molecular formula is C17H21NO5. The van der Waals surface area contributed by atoms with Crippen molar-refractivity contribution in [2.75, 3.05) is 7.11 Å². The second-order valence-electron chi connectivity index (χ2n) is 5.83. The predicted octanol–water partition coefficient (Wildman–Crippen LogP) is 2.31. The number of carbonyl (C=O) groups is 3. The first-order valence-corrected chi connectivity index (χ1v) is 7.53. The molecule has 2 unspecified atom stereocenters. The van der Waals surface area contributed by atoms with E-state index in [1.54, 1.807) is 6.92 Å². The quantitative estimate of drug-likeness (QED) is 0.629. The van der Waals surface area contributed by atoms with Gasteiger partial charge in [0.1, 0.15) is 6.61 Å². The van der Waals surface area contributed by atoms with E-state index >= 15 is 0 Å². The molecule has 6 nitrogen and oxygen atoms in total. The number of likely N-dealkylation sites (tertiary alicyclic amines) is 1. The molecular weight excluding hydrogens is 298 g/mol. The number of rotatable bonds is 4. The van der Waals surface area contributed by atoms with E-state index in [0.29, 0.717) is 6.42 Å². The molecule has 1 aliphatic rings. The van der Waals surface area contributed by atoms with Gasteiger partial charge in [-0.05, 0) is 18.9 Å². The lowest BCUT2D eigenvalue weighted by Gasteiger charge is -2.34. The highest BCUT2D eigenvalue weighted by Gasteiger charge is 2.54. The molecule has 0 saturated carbocycles. The Morgan fingerprint density at radius 2 is 1.96 bits per heavy atom. The number of esters is 1. The minimum Gasteiger partial charge on any atom is -0.467 e. The first kappa shape index (κ1) is 17.0. The molecule has 0 aromatic heterocycles. The van der Waals surface area contributed by atoms with Crippen LogP contribution < -0.4 is 0 Å². The lowest BCUT2D eigenvalue weighted by atomic mass is 9.96. The Kier molecular flexibility index (Phi) is 5.03. The summed E-state index contributed by atoms with van der Waals surface area (Å²) in [6.07, 6.45) is -0.0319. The summed E-state index contributed by atoms with van der Waals surface area (Å²) in [5.74, 6) is -1.05. The average Bonchev–Trinajstić information content (AvgIpc) is 2.84. The van der Waals surface area contributed by atoms with E-state index in [9.17, 15) is 14.4 Å². The van der Waals surface area contributed by atoms with Crippen molar-refractivity contribution in [3.63, 3.8) is 0 Å². The van der Waals surface area contributed by atoms with E-state index in [1.807, 2.05) is 37.3 Å². The molecule has 1 aromatic rings. The van der Waals surface area contributed by atoms with Gasteiger partial charge in [-0.2, -0.15) is 0 Å². The van der Waals surface area contributed by atoms with Gasteiger partial charge in [0.05, 0.1) is 12.6 Å². The van der Waals surface area contributed by atoms with Crippen LogP contribution in [0.25, 0.3) is 0 Å². The molecule has 0 N–H and O–H groups in total. The molecule has 1 saturated heterocycles. The minimum atomic E-state index is -1.23. The van der Waals surface area contributed by atoms with Gasteiger partial charge in [0.15, 0.2) is 11.8 Å². The number of ether oxygens (including phenoxy) is 2. The van der Waals surface area contributed by atoms with Crippen molar-refractivity contribution in [1.29, 1.82) is 0 Å². The third kappa shape index (κ3) is 3.36. The zero-order valence-corrected chi connectivity index (χ0v) is 13.6. The summed E-state index contributed by atoms with van der Waals surface area (Å²) in [5.41, 5.74) is 0.0863. The second-order valence-corrected chi connectivity index (χ2v) is 5.83. The van der Waals surface area contributed by atoms with Crippen LogP contribution in [0.15, 0.2) is 30.3 Å². The Balaban J connectivity index is 2.19. The molecule has 124 valence electrons. The summed E-state index contributed by atoms with van der Waals surface area (Å²) in [6, 6.07) is 7.99. The average molecular weight is 319 g/mol. The molecule has 0 bridgehead atoms. The zero-order chi connectivity index (χ0) is 17.0. The van der Waals surface area contributed by atoms with Gasteiger partial charge in [0.2, 0.25) is 0 Å². The van der Waals surface area contributed by atoms with Crippen LogP contribution in [0.2, 0.25) is 0 Å². The SMILES string of the molecule is CCC1(C)CC(=O)C(C(=O)OC)N1C(=O)OCc1ccccc1. The molecule has 0 aliphatic carbocycles. The van der Waals surface area contributed by atoms with Crippen LogP contribution in [-0.2, 0) is 25.7 Å². The zero-order valence-electron chi connectivity index (χ0n) is 13.6. The largest absolute Gasteiger partial charge is 0.467 e. The van der Waals surface area contributed by atoms with Crippen molar-refractivity contribution >= 4 is 17.8 Å². The summed E-state index contributed by atoms with van der Waals surface area (Å²) in [4.78, 5) is 37.9. The maximum Gasteiger partial charge on any atom is 0.411 e. The molecule has 1 fully saturated rings. The number of amides is 1. The van der Waals surface area contributed by atoms with Gasteiger partial charge in [0.25, 0.3) is 0 Å². The van der Waals surface area contributed by atoms with E-state index in [1.165, 1.54) is 12.0 Å². The number of Topliss-reactive ketones (excluding diaryl/α,β-unsaturated/α-hetero) is 1. The lowest BCUT2D eigenvalue weighted by Crippen LogP contribution is -2.52. The van der Waals surface area contributed by atoms with Crippen LogP contribution >= 0.6 is 0 Å². The highest BCUT2D eigenvalue weighted by Crippen LogP contribution is 2.35. The second kappa shape index (κ2) is 6.81. The molecule has 1 heterocycles. The Morgan fingerprint density at radius 1 is 1.30 bits per heavy atom. The summed E-state index contributed by atoms with van der Waals surface area (Å²) < 4.78 is 9.99. The summed E-state index contributed by atoms with van der Waals surface area (Å²) in [6.45, 7) is 3.72. The fraction of sp³-hybridized carbons (Fsp3) is 0.471. The monoisotopic (exact) mass is 319 g/mol. The summed E-state index contributed by atoms with van der Waals surface area (Å²) in [5, 5.41) is 0. The Morgan fingerprint density at radius 3 is 2.52 bits per heavy atom. The van der Waals surface area contributed by atoms with Crippen LogP contribution in [0.4, 0.5) is 4.79 Å². The molecule has 23 heavy (non-hydrogen) atoms. The van der Waals surface area contributed by atoms with E-state index in [4.69, 9.17) is 4.74 Å². The van der Waals surface area contributed by atoms with Crippen molar-refractivity contribution in [2.24, 2.45) is 0 Å². The van der Waals surface area contributed by atoms with Crippen molar-refractivity contribution < 1.29 is 23.9 Å². The fourth-order valence-corrected chi connectivity index (χ4v) is 2.77. The molecule has 6 heteroatoms. The molecule has 2 atom stereocenters. The van der Waals surface area contributed by atoms with Crippen molar-refractivity contribution in [2.45, 2.75) is 44.9 Å². The topological polar surface area (TPSA) is 72.9 Å². The summed E-state index contributed by atoms with van der Waals surface area (Å²) >= 11 is 0. The van der Waals surface area contributed by atoms with Crippen LogP contribution in [0, 0.1) is 0 Å². The van der Waals surface area contributed by atoms with E-state index in [0.717, 1.165) is 5.56 Å². The maximum absolute atomic E-state index is 12.5. The van der Waals surface area contributed by atoms with Gasteiger partial charge in [0, 0.05) is 6.42 Å². The molecule has 1 aliphatic heterocycles. The Hall–Kier alpha value is -2.37. The van der Waals surface area contributed by atoms with Crippen molar-refractivity contribution in [1.82, 2.24) is 4.90 Å². The number of nitrogens with zero attached hydrogens (tertiary/aromatic N) is 1. The van der Waals surface area contributed by atoms with Gasteiger partial charge in [-0.3, -0.25) is 9.69 Å². The molecule has 2 rings (SSSR count). The number of hydrogen-bond donors (Lipinski definition) is 0. The highest BCUT2D eigenvalue weighted by atomic mass is 16.6. The van der Waals surface area contributed by atoms with Gasteiger partial charge in [-0.1, -0.05) is 37.3 Å². The first-order valence-electron chi connectivity index (χ1n) is 7.53. The van der Waals surface area contributed by atoms with E-state index in [2.05, 4.69) is 4.74 Å². The van der Waals surface area contributed by atoms with Crippen LogP contribution in [0.3, 0.4) is 0 Å². The molecule has 0 radical (unpaired) electrons. The Labute approximate surface area is 135 Å². The molecule has 1 aromatic carbocycles. The lowest BCUT2D eigenvalue weighted by molar-refractivity contribution is -0.149. The van der Waals surface area contributed by atoms with E-state index in [-0.39, 0.29) is 18.8 Å². The smallest absolute Gasteiger partial charge is 0.411 e. The highest BCUT2D eigenvalue weighted by molar-refractivity contribution is 6.08. The van der Waals surface area contributed by atoms with Crippen LogP contribution in [-0.4, -0.2) is 41.4 Å². The third-order valence-corrected chi connectivity index (χ3v) is 4.29. The first-order chi connectivity index (χ1) is 10.9. The number of ketones is 1. The molecule has 0 spiro atoms. The number of hydrogen-bond acceptors (Lipinski definition) is 5. The fourth-order valence-electron chi connectivity index (χ4n) is 2.77. The van der Waals surface area contributed by atoms with Gasteiger partial charge >= 0.3 is 12.1 Å². The molecule has 1 amide bonds. The van der Waals surface area contributed by atoms with Gasteiger partial charge < -0.3 is 9.47 Å². The minimum absolute atomic E-state index is 0.0814. The predicted molar refractivity (Wildman–Crippen MR) is 82.6 cm³/mol. The Bertz CT molecular complexity index is 600. The summed E-state index contributed by atoms with van der Waals surface area (Å²) in [7, 11) is 1.20. The van der Waals surface area contributed by atoms with Gasteiger partial charge in [-0.15, -0.1) is 0 Å². The maximum atomic E-state index is 12.5.